The van der Waals surface area contributed by atoms with Gasteiger partial charge in [0.1, 0.15) is 6.61 Å². The van der Waals surface area contributed by atoms with Gasteiger partial charge >= 0.3 is 0 Å². The largest absolute Gasteiger partial charge is 0.476 e. The molecule has 1 fully saturated rings. The number of likely N-dealkylation sites (tertiary alicyclic amines) is 1. The van der Waals surface area contributed by atoms with Crippen LogP contribution >= 0.6 is 24.8 Å². The lowest BCUT2D eigenvalue weighted by Gasteiger charge is -2.26. The van der Waals surface area contributed by atoms with E-state index in [0.29, 0.717) is 12.5 Å². The van der Waals surface area contributed by atoms with Crippen LogP contribution in [0.25, 0.3) is 11.4 Å². The number of aryl methyl sites for hydroxylation is 1. The quantitative estimate of drug-likeness (QED) is 0.792. The zero-order valence-corrected chi connectivity index (χ0v) is 15.6. The summed E-state index contributed by atoms with van der Waals surface area (Å²) in [6.45, 7) is 6.03. The third-order valence-corrected chi connectivity index (χ3v) is 3.97. The highest BCUT2D eigenvalue weighted by Gasteiger charge is 2.10. The van der Waals surface area contributed by atoms with E-state index in [1.54, 1.807) is 0 Å². The fourth-order valence-corrected chi connectivity index (χ4v) is 2.79. The number of rotatable bonds is 5. The molecule has 24 heavy (non-hydrogen) atoms. The summed E-state index contributed by atoms with van der Waals surface area (Å²) >= 11 is 0. The summed E-state index contributed by atoms with van der Waals surface area (Å²) in [5, 5.41) is 0. The number of piperidine rings is 1. The molecule has 0 saturated carbocycles. The van der Waals surface area contributed by atoms with Crippen LogP contribution < -0.4 is 4.74 Å². The topological polar surface area (TPSA) is 38.2 Å². The van der Waals surface area contributed by atoms with Crippen molar-refractivity contribution in [2.45, 2.75) is 26.2 Å². The number of benzene rings is 1. The summed E-state index contributed by atoms with van der Waals surface area (Å²) < 4.78 is 5.86. The van der Waals surface area contributed by atoms with Gasteiger partial charge in [0.25, 0.3) is 0 Å². The average Bonchev–Trinajstić information content (AvgIpc) is 2.56. The van der Waals surface area contributed by atoms with Gasteiger partial charge in [-0.2, -0.15) is 4.98 Å². The Morgan fingerprint density at radius 3 is 2.42 bits per heavy atom. The normalized spacial score (nSPS) is 14.4. The Labute approximate surface area is 156 Å². The predicted octanol–water partition coefficient (Wildman–Crippen LogP) is 4.16. The van der Waals surface area contributed by atoms with E-state index in [1.807, 2.05) is 43.3 Å². The van der Waals surface area contributed by atoms with Gasteiger partial charge in [-0.3, -0.25) is 4.90 Å². The Kier molecular flexibility index (Phi) is 9.04. The van der Waals surface area contributed by atoms with Crippen LogP contribution in [0.15, 0.2) is 36.4 Å². The Morgan fingerprint density at radius 2 is 1.71 bits per heavy atom. The molecule has 6 heteroatoms. The number of aromatic nitrogens is 2. The van der Waals surface area contributed by atoms with Gasteiger partial charge < -0.3 is 4.74 Å². The lowest BCUT2D eigenvalue weighted by Crippen LogP contribution is -2.33. The zero-order chi connectivity index (χ0) is 15.2. The van der Waals surface area contributed by atoms with E-state index in [1.165, 1.54) is 32.4 Å². The monoisotopic (exact) mass is 369 g/mol. The molecule has 2 heterocycles. The van der Waals surface area contributed by atoms with Gasteiger partial charge in [0.05, 0.1) is 0 Å². The van der Waals surface area contributed by atoms with Crippen molar-refractivity contribution in [3.05, 3.63) is 42.1 Å². The van der Waals surface area contributed by atoms with Gasteiger partial charge in [-0.15, -0.1) is 24.8 Å². The van der Waals surface area contributed by atoms with Gasteiger partial charge in [-0.1, -0.05) is 36.8 Å². The van der Waals surface area contributed by atoms with Crippen LogP contribution in [0.5, 0.6) is 5.88 Å². The minimum absolute atomic E-state index is 0. The average molecular weight is 370 g/mol. The summed E-state index contributed by atoms with van der Waals surface area (Å²) in [6, 6.07) is 11.9. The molecule has 1 aromatic heterocycles. The third kappa shape index (κ3) is 5.93. The van der Waals surface area contributed by atoms with Crippen molar-refractivity contribution in [2.24, 2.45) is 0 Å². The molecular formula is C18H25Cl2N3O. The summed E-state index contributed by atoms with van der Waals surface area (Å²) in [7, 11) is 0. The van der Waals surface area contributed by atoms with Crippen molar-refractivity contribution in [1.82, 2.24) is 14.9 Å². The zero-order valence-electron chi connectivity index (χ0n) is 14.0. The van der Waals surface area contributed by atoms with Crippen molar-refractivity contribution in [2.75, 3.05) is 26.2 Å². The van der Waals surface area contributed by atoms with Crippen LogP contribution in [0.4, 0.5) is 0 Å². The second-order valence-electron chi connectivity index (χ2n) is 5.79. The fourth-order valence-electron chi connectivity index (χ4n) is 2.79. The van der Waals surface area contributed by atoms with Crippen molar-refractivity contribution in [3.63, 3.8) is 0 Å². The van der Waals surface area contributed by atoms with E-state index >= 15 is 0 Å². The van der Waals surface area contributed by atoms with Crippen molar-refractivity contribution in [1.29, 1.82) is 0 Å². The maximum atomic E-state index is 5.86. The molecule has 4 nitrogen and oxygen atoms in total. The van der Waals surface area contributed by atoms with Gasteiger partial charge in [-0.05, 0) is 32.9 Å². The first-order valence-corrected chi connectivity index (χ1v) is 8.07. The fraction of sp³-hybridized carbons (Fsp3) is 0.444. The Morgan fingerprint density at radius 1 is 1.00 bits per heavy atom. The highest BCUT2D eigenvalue weighted by Crippen LogP contribution is 2.18. The molecule has 132 valence electrons. The summed E-state index contributed by atoms with van der Waals surface area (Å²) in [4.78, 5) is 11.5. The van der Waals surface area contributed by atoms with Crippen molar-refractivity contribution >= 4 is 24.8 Å². The molecule has 3 rings (SSSR count). The molecule has 1 aliphatic rings. The molecule has 0 atom stereocenters. The van der Waals surface area contributed by atoms with Crippen LogP contribution in [-0.2, 0) is 0 Å². The molecule has 0 N–H and O–H groups in total. The highest BCUT2D eigenvalue weighted by molar-refractivity contribution is 5.85. The summed E-state index contributed by atoms with van der Waals surface area (Å²) in [5.41, 5.74) is 1.95. The first-order valence-electron chi connectivity index (χ1n) is 8.07. The molecule has 1 saturated heterocycles. The molecule has 1 aromatic carbocycles. The van der Waals surface area contributed by atoms with E-state index in [0.717, 1.165) is 23.6 Å². The molecule has 0 radical (unpaired) electrons. The summed E-state index contributed by atoms with van der Waals surface area (Å²) in [5.74, 6) is 1.40. The van der Waals surface area contributed by atoms with Crippen molar-refractivity contribution in [3.8, 4) is 17.3 Å². The Hall–Kier alpha value is -1.36. The van der Waals surface area contributed by atoms with Gasteiger partial charge in [0.15, 0.2) is 5.82 Å². The standard InChI is InChI=1S/C18H23N3O.2ClH/c1-15-14-17(22-13-12-21-10-6-3-7-11-21)20-18(19-15)16-8-4-2-5-9-16;;/h2,4-5,8-9,14H,3,6-7,10-13H2,1H3;2*1H. The number of hydrogen-bond acceptors (Lipinski definition) is 4. The molecular weight excluding hydrogens is 345 g/mol. The van der Waals surface area contributed by atoms with Crippen LogP contribution in [0.2, 0.25) is 0 Å². The molecule has 0 unspecified atom stereocenters. The van der Waals surface area contributed by atoms with E-state index < -0.39 is 0 Å². The highest BCUT2D eigenvalue weighted by atomic mass is 35.5. The molecule has 0 bridgehead atoms. The molecule has 0 aliphatic carbocycles. The van der Waals surface area contributed by atoms with Gasteiger partial charge in [0.2, 0.25) is 5.88 Å². The Bertz CT molecular complexity index is 604. The van der Waals surface area contributed by atoms with Crippen molar-refractivity contribution < 1.29 is 4.74 Å². The number of nitrogens with zero attached hydrogens (tertiary/aromatic N) is 3. The van der Waals surface area contributed by atoms with E-state index in [4.69, 9.17) is 4.74 Å². The molecule has 0 amide bonds. The Balaban J connectivity index is 0.00000144. The maximum absolute atomic E-state index is 5.86. The number of ether oxygens (including phenoxy) is 1. The van der Waals surface area contributed by atoms with E-state index in [9.17, 15) is 0 Å². The molecule has 2 aromatic rings. The predicted molar refractivity (Wildman–Crippen MR) is 102 cm³/mol. The first-order chi connectivity index (χ1) is 10.8. The van der Waals surface area contributed by atoms with Crippen LogP contribution in [0.1, 0.15) is 25.0 Å². The lowest BCUT2D eigenvalue weighted by molar-refractivity contribution is 0.180. The SMILES string of the molecule is Cc1cc(OCCN2CCCCC2)nc(-c2ccccc2)n1.Cl.Cl. The first kappa shape index (κ1) is 20.7. The minimum atomic E-state index is 0. The third-order valence-electron chi connectivity index (χ3n) is 3.97. The lowest BCUT2D eigenvalue weighted by atomic mass is 10.1. The maximum Gasteiger partial charge on any atom is 0.217 e. The smallest absolute Gasteiger partial charge is 0.217 e. The second-order valence-corrected chi connectivity index (χ2v) is 5.79. The minimum Gasteiger partial charge on any atom is -0.476 e. The second kappa shape index (κ2) is 10.5. The molecule has 0 spiro atoms. The van der Waals surface area contributed by atoms with E-state index in [2.05, 4.69) is 14.9 Å². The van der Waals surface area contributed by atoms with Gasteiger partial charge in [-0.25, -0.2) is 4.98 Å². The van der Waals surface area contributed by atoms with E-state index in [-0.39, 0.29) is 24.8 Å². The molecule has 1 aliphatic heterocycles. The van der Waals surface area contributed by atoms with Crippen LogP contribution in [0, 0.1) is 6.92 Å². The van der Waals surface area contributed by atoms with Crippen LogP contribution in [-0.4, -0.2) is 41.1 Å². The van der Waals surface area contributed by atoms with Gasteiger partial charge in [0, 0.05) is 23.9 Å². The number of halogens is 2. The summed E-state index contributed by atoms with van der Waals surface area (Å²) in [6.07, 6.45) is 3.98. The number of hydrogen-bond donors (Lipinski definition) is 0. The van der Waals surface area contributed by atoms with Crippen LogP contribution in [0.3, 0.4) is 0 Å².